The summed E-state index contributed by atoms with van der Waals surface area (Å²) < 4.78 is 4.97. The number of hydrogen-bond donors (Lipinski definition) is 2. The molecule has 82 valence electrons. The van der Waals surface area contributed by atoms with Crippen LogP contribution in [0.25, 0.3) is 0 Å². The molecule has 0 aliphatic carbocycles. The van der Waals surface area contributed by atoms with Crippen LogP contribution in [0.2, 0.25) is 0 Å². The zero-order valence-corrected chi connectivity index (χ0v) is 8.49. The molecule has 0 rings (SSSR count). The van der Waals surface area contributed by atoms with E-state index in [1.807, 2.05) is 5.48 Å². The highest BCUT2D eigenvalue weighted by molar-refractivity contribution is 5.83. The van der Waals surface area contributed by atoms with Gasteiger partial charge < -0.3 is 9.84 Å². The van der Waals surface area contributed by atoms with E-state index < -0.39 is 24.1 Å². The zero-order valence-electron chi connectivity index (χ0n) is 8.49. The highest BCUT2D eigenvalue weighted by Gasteiger charge is 2.31. The lowest BCUT2D eigenvalue weighted by Gasteiger charge is -2.24. The van der Waals surface area contributed by atoms with E-state index >= 15 is 0 Å². The molecule has 14 heavy (non-hydrogen) atoms. The Morgan fingerprint density at radius 1 is 1.50 bits per heavy atom. The first-order valence-electron chi connectivity index (χ1n) is 4.15. The average molecular weight is 205 g/mol. The van der Waals surface area contributed by atoms with Crippen molar-refractivity contribution in [2.75, 3.05) is 13.7 Å². The van der Waals surface area contributed by atoms with E-state index in [2.05, 4.69) is 4.84 Å². The molecule has 6 nitrogen and oxygen atoms in total. The third kappa shape index (κ3) is 3.71. The third-order valence-electron chi connectivity index (χ3n) is 1.97. The molecule has 0 aromatic heterocycles. The topological polar surface area (TPSA) is 84.9 Å². The fourth-order valence-corrected chi connectivity index (χ4v) is 0.669. The van der Waals surface area contributed by atoms with Crippen molar-refractivity contribution in [3.63, 3.8) is 0 Å². The quantitative estimate of drug-likeness (QED) is 0.593. The number of methoxy groups -OCH3 is 1. The van der Waals surface area contributed by atoms with Crippen LogP contribution in [-0.4, -0.2) is 36.3 Å². The molecular weight excluding hydrogens is 190 g/mol. The fourth-order valence-electron chi connectivity index (χ4n) is 0.669. The highest BCUT2D eigenvalue weighted by Crippen LogP contribution is 2.13. The summed E-state index contributed by atoms with van der Waals surface area (Å²) in [4.78, 5) is 25.8. The lowest BCUT2D eigenvalue weighted by molar-refractivity contribution is -0.160. The van der Waals surface area contributed by atoms with Crippen molar-refractivity contribution in [1.82, 2.24) is 5.48 Å². The van der Waals surface area contributed by atoms with Crippen LogP contribution in [0.3, 0.4) is 0 Å². The molecule has 6 heteroatoms. The molecule has 0 aliphatic rings. The van der Waals surface area contributed by atoms with E-state index in [0.717, 1.165) is 0 Å². The number of hydrogen-bond acceptors (Lipinski definition) is 4. The maximum Gasteiger partial charge on any atom is 0.332 e. The van der Waals surface area contributed by atoms with Gasteiger partial charge in [0.25, 0.3) is 5.91 Å². The summed E-state index contributed by atoms with van der Waals surface area (Å²) >= 11 is 0. The number of hydroxylamine groups is 1. The number of carboxylic acids is 1. The molecule has 0 fully saturated rings. The number of aliphatic carboxylic acids is 1. The second-order valence-electron chi connectivity index (χ2n) is 2.90. The van der Waals surface area contributed by atoms with Crippen LogP contribution in [0.5, 0.6) is 0 Å². The highest BCUT2D eigenvalue weighted by atomic mass is 16.7. The molecule has 0 aliphatic heterocycles. The summed E-state index contributed by atoms with van der Waals surface area (Å²) in [7, 11) is 1.40. The van der Waals surface area contributed by atoms with Crippen molar-refractivity contribution in [3.8, 4) is 0 Å². The van der Waals surface area contributed by atoms with E-state index in [9.17, 15) is 9.59 Å². The first kappa shape index (κ1) is 12.9. The van der Waals surface area contributed by atoms with Gasteiger partial charge in [-0.3, -0.25) is 9.63 Å². The Morgan fingerprint density at radius 2 is 2.07 bits per heavy atom. The minimum Gasteiger partial charge on any atom is -0.479 e. The molecule has 0 saturated heterocycles. The minimum atomic E-state index is -1.15. The van der Waals surface area contributed by atoms with Gasteiger partial charge >= 0.3 is 5.97 Å². The molecular formula is C8H15NO5. The first-order valence-corrected chi connectivity index (χ1v) is 4.15. The van der Waals surface area contributed by atoms with Crippen LogP contribution < -0.4 is 5.48 Å². The van der Waals surface area contributed by atoms with Crippen molar-refractivity contribution >= 4 is 11.9 Å². The maximum atomic E-state index is 11.4. The van der Waals surface area contributed by atoms with Gasteiger partial charge in [-0.05, 0) is 13.3 Å². The standard InChI is InChI=1S/C8H15NO5/c1-4-8(2,13-3)7(12)9-14-5-6(10)11/h4-5H2,1-3H3,(H,9,12)(H,10,11). The molecule has 0 aromatic rings. The van der Waals surface area contributed by atoms with Crippen molar-refractivity contribution in [2.24, 2.45) is 0 Å². The Hall–Kier alpha value is -1.14. The van der Waals surface area contributed by atoms with E-state index in [4.69, 9.17) is 9.84 Å². The van der Waals surface area contributed by atoms with E-state index in [1.54, 1.807) is 13.8 Å². The number of carbonyl (C=O) groups excluding carboxylic acids is 1. The molecule has 0 aromatic carbocycles. The average Bonchev–Trinajstić information content (AvgIpc) is 2.15. The number of amides is 1. The predicted octanol–water partition coefficient (Wildman–Crippen LogP) is -0.0661. The molecule has 1 unspecified atom stereocenters. The Kier molecular flexibility index (Phi) is 5.11. The number of rotatable bonds is 6. The second kappa shape index (κ2) is 5.56. The van der Waals surface area contributed by atoms with Crippen LogP contribution >= 0.6 is 0 Å². The van der Waals surface area contributed by atoms with Gasteiger partial charge in [0, 0.05) is 7.11 Å². The van der Waals surface area contributed by atoms with E-state index in [0.29, 0.717) is 6.42 Å². The van der Waals surface area contributed by atoms with Crippen LogP contribution in [0, 0.1) is 0 Å². The minimum absolute atomic E-state index is 0.464. The number of carboxylic acid groups (broad SMARTS) is 1. The van der Waals surface area contributed by atoms with E-state index in [-0.39, 0.29) is 0 Å². The van der Waals surface area contributed by atoms with Crippen molar-refractivity contribution in [2.45, 2.75) is 25.9 Å². The lowest BCUT2D eigenvalue weighted by atomic mass is 10.0. The molecule has 0 saturated carbocycles. The number of carbonyl (C=O) groups is 2. The van der Waals surface area contributed by atoms with Crippen LogP contribution in [0.15, 0.2) is 0 Å². The molecule has 1 amide bonds. The van der Waals surface area contributed by atoms with Crippen LogP contribution in [-0.2, 0) is 19.2 Å². The molecule has 2 N–H and O–H groups in total. The Balaban J connectivity index is 4.00. The van der Waals surface area contributed by atoms with Crippen LogP contribution in [0.4, 0.5) is 0 Å². The number of nitrogens with one attached hydrogen (secondary N) is 1. The summed E-state index contributed by atoms with van der Waals surface area (Å²) in [5.74, 6) is -1.65. The summed E-state index contributed by atoms with van der Waals surface area (Å²) in [5.41, 5.74) is 1.02. The molecule has 0 heterocycles. The smallest absolute Gasteiger partial charge is 0.332 e. The van der Waals surface area contributed by atoms with Gasteiger partial charge in [0.15, 0.2) is 6.61 Å². The largest absolute Gasteiger partial charge is 0.479 e. The number of ether oxygens (including phenoxy) is 1. The van der Waals surface area contributed by atoms with Gasteiger partial charge in [0.05, 0.1) is 0 Å². The van der Waals surface area contributed by atoms with Gasteiger partial charge in [0.2, 0.25) is 0 Å². The molecule has 1 atom stereocenters. The zero-order chi connectivity index (χ0) is 11.2. The SMILES string of the molecule is CCC(C)(OC)C(=O)NOCC(=O)O. The normalized spacial score (nSPS) is 14.5. The Labute approximate surface area is 82.1 Å². The predicted molar refractivity (Wildman–Crippen MR) is 47.4 cm³/mol. The van der Waals surface area contributed by atoms with Gasteiger partial charge in [-0.25, -0.2) is 10.3 Å². The molecule has 0 radical (unpaired) electrons. The summed E-state index contributed by atoms with van der Waals surface area (Å²) in [6.45, 7) is 2.79. The maximum absolute atomic E-state index is 11.4. The van der Waals surface area contributed by atoms with E-state index in [1.165, 1.54) is 7.11 Å². The van der Waals surface area contributed by atoms with Gasteiger partial charge in [-0.1, -0.05) is 6.92 Å². The lowest BCUT2D eigenvalue weighted by Crippen LogP contribution is -2.45. The van der Waals surface area contributed by atoms with Crippen molar-refractivity contribution in [1.29, 1.82) is 0 Å². The van der Waals surface area contributed by atoms with Gasteiger partial charge in [0.1, 0.15) is 5.60 Å². The van der Waals surface area contributed by atoms with Crippen molar-refractivity contribution < 1.29 is 24.3 Å². The monoisotopic (exact) mass is 205 g/mol. The second-order valence-corrected chi connectivity index (χ2v) is 2.90. The Bertz CT molecular complexity index is 212. The first-order chi connectivity index (χ1) is 6.46. The van der Waals surface area contributed by atoms with Crippen molar-refractivity contribution in [3.05, 3.63) is 0 Å². The fraction of sp³-hybridized carbons (Fsp3) is 0.750. The summed E-state index contributed by atoms with van der Waals surface area (Å²) in [6, 6.07) is 0. The molecule has 0 bridgehead atoms. The summed E-state index contributed by atoms with van der Waals surface area (Å²) in [5, 5.41) is 8.24. The van der Waals surface area contributed by atoms with Crippen LogP contribution in [0.1, 0.15) is 20.3 Å². The van der Waals surface area contributed by atoms with Gasteiger partial charge in [-0.2, -0.15) is 0 Å². The van der Waals surface area contributed by atoms with Gasteiger partial charge in [-0.15, -0.1) is 0 Å². The summed E-state index contributed by atoms with van der Waals surface area (Å²) in [6.07, 6.45) is 0.464. The molecule has 0 spiro atoms. The Morgan fingerprint density at radius 3 is 2.43 bits per heavy atom. The third-order valence-corrected chi connectivity index (χ3v) is 1.97.